The lowest BCUT2D eigenvalue weighted by molar-refractivity contribution is -0.144. The molecule has 22 nitrogen and oxygen atoms in total. The molecule has 7 N–H and O–H groups in total. The van der Waals surface area contributed by atoms with Crippen molar-refractivity contribution in [3.8, 4) is 27.4 Å². The summed E-state index contributed by atoms with van der Waals surface area (Å²) < 4.78 is 66.6. The van der Waals surface area contributed by atoms with Crippen molar-refractivity contribution in [1.29, 1.82) is 0 Å². The maximum atomic E-state index is 14.1. The second-order valence-corrected chi connectivity index (χ2v) is 31.0. The lowest BCUT2D eigenvalue weighted by Crippen LogP contribution is -2.58. The first-order valence-electron chi connectivity index (χ1n) is 27.3. The van der Waals surface area contributed by atoms with Crippen molar-refractivity contribution in [3.63, 3.8) is 0 Å². The molecule has 1 fully saturated rings. The Morgan fingerprint density at radius 1 is 0.940 bits per heavy atom. The third-order valence-electron chi connectivity index (χ3n) is 13.6. The number of amides is 4. The number of aliphatic hydroxyl groups is 1. The standard InChI is InChI=1S/C58H73FN10O12S2Si/c1-10-83(76,77)67-44-21-17-40(27-46(44)81-36(3)38-15-19-42(59)20-16-38)50-49(53(60)72)54(69(66-50)34-79-25-26-84(7,8)9)64-47-22-18-41(30-61-47)57(75)80-24-23-78-32-48(71)65-52(58(4,5)6)56(74)68-31-43(70)28-45(68)55(73)62-29-37-11-13-39(14-12-37)51-35(2)63-33-82-51/h11-22,27,30,33,36,43,45,52,67,70H,10,23-26,28-29,31-32,34H2,1-9H3,(H2,60,72)(H,61,64)(H,62,73)(H,65,71)/t36?,43-,45+,52?/m1/s1. The molecule has 1 saturated heterocycles. The van der Waals surface area contributed by atoms with Gasteiger partial charge in [0, 0.05) is 46.0 Å². The molecule has 3 aromatic heterocycles. The molecular weight excluding hydrogens is 1140 g/mol. The van der Waals surface area contributed by atoms with Crippen molar-refractivity contribution in [2.45, 2.75) is 111 Å². The van der Waals surface area contributed by atoms with E-state index < -0.39 is 89.8 Å². The highest BCUT2D eigenvalue weighted by atomic mass is 32.2. The van der Waals surface area contributed by atoms with E-state index in [9.17, 15) is 41.9 Å². The lowest BCUT2D eigenvalue weighted by atomic mass is 9.85. The Hall–Kier alpha value is -7.62. The van der Waals surface area contributed by atoms with E-state index >= 15 is 0 Å². The number of carbonyl (C=O) groups is 5. The number of ether oxygens (including phenoxy) is 4. The number of nitrogens with one attached hydrogen (secondary N) is 4. The molecule has 1 aliphatic heterocycles. The van der Waals surface area contributed by atoms with Crippen LogP contribution in [0.15, 0.2) is 90.6 Å². The number of primary amides is 1. The number of pyridine rings is 1. The van der Waals surface area contributed by atoms with Crippen LogP contribution in [0.1, 0.15) is 84.7 Å². The van der Waals surface area contributed by atoms with Crippen molar-refractivity contribution in [2.24, 2.45) is 11.1 Å². The number of aliphatic hydroxyl groups excluding tert-OH is 1. The van der Waals surface area contributed by atoms with Crippen molar-refractivity contribution < 1.29 is 60.8 Å². The van der Waals surface area contributed by atoms with Gasteiger partial charge in [-0.2, -0.15) is 5.10 Å². The molecule has 0 aliphatic carbocycles. The van der Waals surface area contributed by atoms with Gasteiger partial charge in [0.25, 0.3) is 5.91 Å². The summed E-state index contributed by atoms with van der Waals surface area (Å²) in [6.07, 6.45) is -0.353. The van der Waals surface area contributed by atoms with Gasteiger partial charge >= 0.3 is 5.97 Å². The van der Waals surface area contributed by atoms with Crippen LogP contribution in [0.4, 0.5) is 21.7 Å². The smallest absolute Gasteiger partial charge is 0.339 e. The molecule has 2 unspecified atom stereocenters. The van der Waals surface area contributed by atoms with Gasteiger partial charge in [0.1, 0.15) is 72.6 Å². The number of nitrogens with zero attached hydrogens (tertiary/aromatic N) is 5. The molecule has 4 amide bonds. The molecule has 450 valence electrons. The summed E-state index contributed by atoms with van der Waals surface area (Å²) in [5.41, 5.74) is 11.0. The van der Waals surface area contributed by atoms with E-state index in [2.05, 4.69) is 50.3 Å². The van der Waals surface area contributed by atoms with Gasteiger partial charge in [0.05, 0.1) is 45.8 Å². The molecule has 0 saturated carbocycles. The second-order valence-electron chi connectivity index (χ2n) is 22.5. The predicted octanol–water partition coefficient (Wildman–Crippen LogP) is 7.56. The average Bonchev–Trinajstić information content (AvgIpc) is 2.91. The maximum absolute atomic E-state index is 14.1. The second kappa shape index (κ2) is 27.8. The lowest BCUT2D eigenvalue weighted by Gasteiger charge is -2.35. The Kier molecular flexibility index (Phi) is 21.2. The van der Waals surface area contributed by atoms with Gasteiger partial charge < -0.3 is 50.6 Å². The Morgan fingerprint density at radius 2 is 1.65 bits per heavy atom. The third kappa shape index (κ3) is 17.2. The number of anilines is 3. The summed E-state index contributed by atoms with van der Waals surface area (Å²) in [5, 5.41) is 24.1. The molecule has 84 heavy (non-hydrogen) atoms. The molecule has 26 heteroatoms. The number of hydrogen-bond donors (Lipinski definition) is 6. The van der Waals surface area contributed by atoms with E-state index in [1.165, 1.54) is 59.1 Å². The summed E-state index contributed by atoms with van der Waals surface area (Å²) in [7, 11) is -5.30. The van der Waals surface area contributed by atoms with Gasteiger partial charge in [-0.05, 0) is 85.3 Å². The van der Waals surface area contributed by atoms with E-state index in [1.54, 1.807) is 62.7 Å². The van der Waals surface area contributed by atoms with Crippen LogP contribution in [0.5, 0.6) is 5.75 Å². The first kappa shape index (κ1) is 63.9. The first-order valence-corrected chi connectivity index (χ1v) is 33.5. The number of aryl methyl sites for hydroxylation is 1. The van der Waals surface area contributed by atoms with Crippen LogP contribution < -0.4 is 31.1 Å². The van der Waals surface area contributed by atoms with Crippen LogP contribution >= 0.6 is 11.3 Å². The largest absolute Gasteiger partial charge is 0.484 e. The fourth-order valence-corrected chi connectivity index (χ4v) is 11.1. The molecular formula is C58H73FN10O12S2Si. The van der Waals surface area contributed by atoms with Crippen LogP contribution in [0.3, 0.4) is 0 Å². The van der Waals surface area contributed by atoms with Crippen LogP contribution in [0.25, 0.3) is 21.7 Å². The molecule has 0 radical (unpaired) electrons. The van der Waals surface area contributed by atoms with Gasteiger partial charge in [0.2, 0.25) is 27.7 Å². The minimum absolute atomic E-state index is 0.0281. The number of hydrogen-bond acceptors (Lipinski definition) is 17. The quantitative estimate of drug-likeness (QED) is 0.0165. The van der Waals surface area contributed by atoms with Gasteiger partial charge in [-0.1, -0.05) is 82.9 Å². The zero-order valence-corrected chi connectivity index (χ0v) is 51.1. The van der Waals surface area contributed by atoms with Crippen molar-refractivity contribution in [2.75, 3.05) is 48.8 Å². The van der Waals surface area contributed by atoms with Crippen LogP contribution in [0.2, 0.25) is 25.7 Å². The summed E-state index contributed by atoms with van der Waals surface area (Å²) in [4.78, 5) is 78.6. The normalized spacial score (nSPS) is 15.2. The summed E-state index contributed by atoms with van der Waals surface area (Å²) in [5.74, 6) is -3.55. The molecule has 4 heterocycles. The maximum Gasteiger partial charge on any atom is 0.339 e. The minimum Gasteiger partial charge on any atom is -0.484 e. The average molecular weight is 1210 g/mol. The number of benzene rings is 3. The summed E-state index contributed by atoms with van der Waals surface area (Å²) >= 11 is 1.54. The van der Waals surface area contributed by atoms with E-state index in [0.717, 1.165) is 27.7 Å². The number of likely N-dealkylation sites (tertiary alicyclic amines) is 1. The molecule has 4 atom stereocenters. The van der Waals surface area contributed by atoms with Gasteiger partial charge in [0.15, 0.2) is 0 Å². The fraction of sp³-hybridized carbons (Fsp3) is 0.414. The van der Waals surface area contributed by atoms with Gasteiger partial charge in [-0.25, -0.2) is 32.3 Å². The van der Waals surface area contributed by atoms with Gasteiger partial charge in [-0.3, -0.25) is 23.9 Å². The summed E-state index contributed by atoms with van der Waals surface area (Å²) in [6, 6.07) is 19.6. The van der Waals surface area contributed by atoms with Crippen LogP contribution in [-0.4, -0.2) is 133 Å². The number of sulfonamides is 1. The number of esters is 1. The van der Waals surface area contributed by atoms with E-state index in [0.29, 0.717) is 17.7 Å². The minimum atomic E-state index is -3.78. The number of aromatic nitrogens is 4. The Morgan fingerprint density at radius 3 is 2.29 bits per heavy atom. The first-order chi connectivity index (χ1) is 39.7. The van der Waals surface area contributed by atoms with Gasteiger partial charge in [-0.15, -0.1) is 11.3 Å². The topological polar surface area (TPSA) is 298 Å². The fourth-order valence-electron chi connectivity index (χ4n) is 8.86. The Labute approximate surface area is 493 Å². The van der Waals surface area contributed by atoms with Crippen LogP contribution in [-0.2, 0) is 51.9 Å². The SMILES string of the molecule is CCS(=O)(=O)Nc1ccc(-c2nn(COCC[Si](C)(C)C)c(Nc3ccc(C(=O)OCCOCC(=O)NC(C(=O)N4C[C@H](O)C[C@H]4C(=O)NCc4ccc(-c5scnc5C)cc4)C(C)(C)C)cn3)c2C(N)=O)cc1OC(C)c1ccc(F)cc1. The van der Waals surface area contributed by atoms with E-state index in [1.807, 2.05) is 31.2 Å². The Balaban J connectivity index is 0.966. The van der Waals surface area contributed by atoms with E-state index in [-0.39, 0.29) is 85.1 Å². The highest BCUT2D eigenvalue weighted by molar-refractivity contribution is 7.92. The van der Waals surface area contributed by atoms with Crippen molar-refractivity contribution in [3.05, 3.63) is 124 Å². The van der Waals surface area contributed by atoms with Crippen molar-refractivity contribution in [1.82, 2.24) is 35.3 Å². The molecule has 1 aliphatic rings. The zero-order chi connectivity index (χ0) is 61.1. The number of β-amino-alcohol motifs (C(OH)–C–C–N with tert-alkyl or cyclic N) is 1. The molecule has 3 aromatic carbocycles. The highest BCUT2D eigenvalue weighted by Crippen LogP contribution is 2.38. The predicted molar refractivity (Wildman–Crippen MR) is 319 cm³/mol. The number of thiazole rings is 1. The van der Waals surface area contributed by atoms with E-state index in [4.69, 9.17) is 29.8 Å². The number of nitrogens with two attached hydrogens (primary N) is 1. The summed E-state index contributed by atoms with van der Waals surface area (Å²) in [6.45, 7) is 16.5. The number of rotatable bonds is 27. The highest BCUT2D eigenvalue weighted by Gasteiger charge is 2.44. The number of carbonyl (C=O) groups excluding carboxylic acids is 5. The Bertz CT molecular complexity index is 3410. The zero-order valence-electron chi connectivity index (χ0n) is 48.5. The van der Waals surface area contributed by atoms with Crippen molar-refractivity contribution >= 4 is 76.4 Å². The van der Waals surface area contributed by atoms with Crippen LogP contribution in [0, 0.1) is 18.2 Å². The molecule has 0 spiro atoms. The number of halogens is 1. The molecule has 6 aromatic rings. The molecule has 0 bridgehead atoms. The monoisotopic (exact) mass is 1210 g/mol. The third-order valence-corrected chi connectivity index (χ3v) is 17.6. The molecule has 7 rings (SSSR count).